The van der Waals surface area contributed by atoms with E-state index in [9.17, 15) is 4.79 Å². The Labute approximate surface area is 153 Å². The molecular weight excluding hydrogens is 332 g/mol. The normalized spacial score (nSPS) is 11.2. The van der Waals surface area contributed by atoms with Gasteiger partial charge in [0.1, 0.15) is 0 Å². The van der Waals surface area contributed by atoms with Gasteiger partial charge in [-0.2, -0.15) is 0 Å². The lowest BCUT2D eigenvalue weighted by Crippen LogP contribution is -2.38. The van der Waals surface area contributed by atoms with Crippen LogP contribution in [-0.4, -0.2) is 31.5 Å². The van der Waals surface area contributed by atoms with Crippen molar-refractivity contribution in [2.75, 3.05) is 19.6 Å². The highest BCUT2D eigenvalue weighted by molar-refractivity contribution is 7.12. The molecule has 0 aliphatic rings. The van der Waals surface area contributed by atoms with Gasteiger partial charge in [0.05, 0.1) is 11.4 Å². The van der Waals surface area contributed by atoms with Gasteiger partial charge >= 0.3 is 0 Å². The molecule has 1 aromatic carbocycles. The fraction of sp³-hybridized carbons (Fsp3) is 0.368. The van der Waals surface area contributed by atoms with Gasteiger partial charge in [-0.3, -0.25) is 4.79 Å². The Balaban J connectivity index is 1.71. The molecule has 0 atom stereocenters. The number of amides is 1. The summed E-state index contributed by atoms with van der Waals surface area (Å²) in [6.45, 7) is 6.98. The Bertz CT molecular complexity index is 682. The lowest BCUT2D eigenvalue weighted by atomic mass is 10.1. The molecule has 1 amide bonds. The van der Waals surface area contributed by atoms with Gasteiger partial charge in [0.2, 0.25) is 0 Å². The minimum atomic E-state index is -0.00461. The second-order valence-electron chi connectivity index (χ2n) is 5.70. The van der Waals surface area contributed by atoms with E-state index in [1.807, 2.05) is 24.4 Å². The molecule has 2 aromatic rings. The first kappa shape index (κ1) is 19.0. The van der Waals surface area contributed by atoms with Crippen molar-refractivity contribution in [1.29, 1.82) is 0 Å². The van der Waals surface area contributed by atoms with Crippen LogP contribution in [0.4, 0.5) is 0 Å². The summed E-state index contributed by atoms with van der Waals surface area (Å²) in [5.41, 5.74) is 2.44. The van der Waals surface area contributed by atoms with Crippen LogP contribution in [0.5, 0.6) is 0 Å². The van der Waals surface area contributed by atoms with Gasteiger partial charge in [-0.25, -0.2) is 4.99 Å². The molecule has 0 unspecified atom stereocenters. The highest BCUT2D eigenvalue weighted by Crippen LogP contribution is 2.07. The number of aliphatic imine (C=N–C) groups is 1. The zero-order valence-corrected chi connectivity index (χ0v) is 15.7. The average molecular weight is 359 g/mol. The van der Waals surface area contributed by atoms with Gasteiger partial charge in [-0.1, -0.05) is 35.9 Å². The molecule has 1 heterocycles. The van der Waals surface area contributed by atoms with Crippen molar-refractivity contribution in [1.82, 2.24) is 16.0 Å². The Morgan fingerprint density at radius 2 is 1.96 bits per heavy atom. The smallest absolute Gasteiger partial charge is 0.261 e. The minimum Gasteiger partial charge on any atom is -0.357 e. The predicted octanol–water partition coefficient (Wildman–Crippen LogP) is 2.93. The summed E-state index contributed by atoms with van der Waals surface area (Å²) >= 11 is 1.45. The Morgan fingerprint density at radius 1 is 1.12 bits per heavy atom. The van der Waals surface area contributed by atoms with Gasteiger partial charge in [-0.05, 0) is 37.3 Å². The number of hydrogen-bond donors (Lipinski definition) is 3. The fourth-order valence-corrected chi connectivity index (χ4v) is 2.95. The number of hydrogen-bond acceptors (Lipinski definition) is 3. The molecule has 3 N–H and O–H groups in total. The monoisotopic (exact) mass is 358 g/mol. The first-order chi connectivity index (χ1) is 12.2. The van der Waals surface area contributed by atoms with E-state index in [1.165, 1.54) is 22.5 Å². The third-order valence-electron chi connectivity index (χ3n) is 3.52. The Hall–Kier alpha value is -2.34. The van der Waals surface area contributed by atoms with Crippen LogP contribution in [0.2, 0.25) is 0 Å². The van der Waals surface area contributed by atoms with Gasteiger partial charge in [0.25, 0.3) is 5.91 Å². The second kappa shape index (κ2) is 10.5. The van der Waals surface area contributed by atoms with Crippen LogP contribution in [0.15, 0.2) is 46.8 Å². The largest absolute Gasteiger partial charge is 0.357 e. The molecule has 0 fully saturated rings. The van der Waals surface area contributed by atoms with E-state index in [0.717, 1.165) is 30.3 Å². The van der Waals surface area contributed by atoms with Crippen LogP contribution in [0.3, 0.4) is 0 Å². The highest BCUT2D eigenvalue weighted by atomic mass is 32.1. The van der Waals surface area contributed by atoms with Crippen LogP contribution in [-0.2, 0) is 6.54 Å². The van der Waals surface area contributed by atoms with Crippen molar-refractivity contribution in [2.24, 2.45) is 4.99 Å². The molecule has 0 spiro atoms. The number of benzene rings is 1. The van der Waals surface area contributed by atoms with E-state index < -0.39 is 0 Å². The fourth-order valence-electron chi connectivity index (χ4n) is 2.31. The predicted molar refractivity (Wildman–Crippen MR) is 105 cm³/mol. The van der Waals surface area contributed by atoms with Gasteiger partial charge in [-0.15, -0.1) is 11.3 Å². The lowest BCUT2D eigenvalue weighted by molar-refractivity contribution is 0.0957. The molecule has 134 valence electrons. The Kier molecular flexibility index (Phi) is 7.98. The molecular formula is C19H26N4OS. The van der Waals surface area contributed by atoms with Crippen molar-refractivity contribution in [2.45, 2.75) is 26.8 Å². The van der Waals surface area contributed by atoms with Gasteiger partial charge in [0, 0.05) is 19.6 Å². The van der Waals surface area contributed by atoms with E-state index in [0.29, 0.717) is 13.1 Å². The van der Waals surface area contributed by atoms with Crippen molar-refractivity contribution < 1.29 is 4.79 Å². The van der Waals surface area contributed by atoms with Crippen molar-refractivity contribution >= 4 is 23.2 Å². The summed E-state index contributed by atoms with van der Waals surface area (Å²) in [5.74, 6) is 0.795. The topological polar surface area (TPSA) is 65.5 Å². The first-order valence-corrected chi connectivity index (χ1v) is 9.46. The van der Waals surface area contributed by atoms with Crippen LogP contribution >= 0.6 is 11.3 Å². The number of aryl methyl sites for hydroxylation is 1. The molecule has 0 saturated heterocycles. The summed E-state index contributed by atoms with van der Waals surface area (Å²) < 4.78 is 0. The zero-order valence-electron chi connectivity index (χ0n) is 14.8. The average Bonchev–Trinajstić information content (AvgIpc) is 3.14. The van der Waals surface area contributed by atoms with Crippen molar-refractivity contribution in [3.63, 3.8) is 0 Å². The molecule has 0 aliphatic heterocycles. The van der Waals surface area contributed by atoms with E-state index in [4.69, 9.17) is 0 Å². The minimum absolute atomic E-state index is 0.00461. The summed E-state index contributed by atoms with van der Waals surface area (Å²) in [4.78, 5) is 17.2. The zero-order chi connectivity index (χ0) is 17.9. The van der Waals surface area contributed by atoms with Crippen LogP contribution in [0.1, 0.15) is 34.1 Å². The number of rotatable bonds is 8. The third-order valence-corrected chi connectivity index (χ3v) is 4.39. The lowest BCUT2D eigenvalue weighted by Gasteiger charge is -2.11. The number of nitrogens with one attached hydrogen (secondary N) is 3. The quantitative estimate of drug-likeness (QED) is 0.386. The standard InChI is InChI=1S/C19H26N4OS/c1-3-20-19(23-14-16-8-4-7-15(2)13-16)22-11-6-10-21-18(24)17-9-5-12-25-17/h4-5,7-9,12-13H,3,6,10-11,14H2,1-2H3,(H,21,24)(H2,20,22,23). The third kappa shape index (κ3) is 6.97. The molecule has 0 saturated carbocycles. The maximum atomic E-state index is 11.8. The van der Waals surface area contributed by atoms with Crippen LogP contribution < -0.4 is 16.0 Å². The molecule has 6 heteroatoms. The first-order valence-electron chi connectivity index (χ1n) is 8.58. The van der Waals surface area contributed by atoms with E-state index >= 15 is 0 Å². The second-order valence-corrected chi connectivity index (χ2v) is 6.65. The molecule has 0 bridgehead atoms. The molecule has 0 aliphatic carbocycles. The Morgan fingerprint density at radius 3 is 2.68 bits per heavy atom. The number of carbonyl (C=O) groups excluding carboxylic acids is 1. The van der Waals surface area contributed by atoms with Crippen LogP contribution in [0.25, 0.3) is 0 Å². The summed E-state index contributed by atoms with van der Waals surface area (Å²) in [5, 5.41) is 11.4. The molecule has 1 aromatic heterocycles. The number of thiophene rings is 1. The van der Waals surface area contributed by atoms with Gasteiger partial charge in [0.15, 0.2) is 5.96 Å². The van der Waals surface area contributed by atoms with E-state index in [1.54, 1.807) is 0 Å². The summed E-state index contributed by atoms with van der Waals surface area (Å²) in [7, 11) is 0. The number of carbonyl (C=O) groups is 1. The van der Waals surface area contributed by atoms with E-state index in [2.05, 4.69) is 52.1 Å². The summed E-state index contributed by atoms with van der Waals surface area (Å²) in [6.07, 6.45) is 0.839. The van der Waals surface area contributed by atoms with E-state index in [-0.39, 0.29) is 5.91 Å². The van der Waals surface area contributed by atoms with Crippen molar-refractivity contribution in [3.8, 4) is 0 Å². The molecule has 2 rings (SSSR count). The number of nitrogens with zero attached hydrogens (tertiary/aromatic N) is 1. The molecule has 25 heavy (non-hydrogen) atoms. The van der Waals surface area contributed by atoms with Crippen molar-refractivity contribution in [3.05, 3.63) is 57.8 Å². The highest BCUT2D eigenvalue weighted by Gasteiger charge is 2.04. The van der Waals surface area contributed by atoms with Crippen LogP contribution in [0, 0.1) is 6.92 Å². The molecule has 5 nitrogen and oxygen atoms in total. The SMILES string of the molecule is CCNC(=NCc1cccc(C)c1)NCCCNC(=O)c1cccs1. The number of guanidine groups is 1. The molecule has 0 radical (unpaired) electrons. The van der Waals surface area contributed by atoms with Gasteiger partial charge < -0.3 is 16.0 Å². The summed E-state index contributed by atoms with van der Waals surface area (Å²) in [6, 6.07) is 12.1. The maximum Gasteiger partial charge on any atom is 0.261 e. The maximum absolute atomic E-state index is 11.8.